The van der Waals surface area contributed by atoms with Crippen molar-refractivity contribution in [2.24, 2.45) is 5.92 Å². The van der Waals surface area contributed by atoms with E-state index >= 15 is 0 Å². The molecule has 0 radical (unpaired) electrons. The van der Waals surface area contributed by atoms with Crippen molar-refractivity contribution in [3.8, 4) is 0 Å². The van der Waals surface area contributed by atoms with Gasteiger partial charge in [0.15, 0.2) is 0 Å². The highest BCUT2D eigenvalue weighted by molar-refractivity contribution is 6.30. The quantitative estimate of drug-likeness (QED) is 0.813. The molecular weight excluding hydrogens is 288 g/mol. The minimum Gasteiger partial charge on any atom is -0.375 e. The zero-order valence-electron chi connectivity index (χ0n) is 12.4. The van der Waals surface area contributed by atoms with Crippen molar-refractivity contribution in [1.29, 1.82) is 0 Å². The Bertz CT molecular complexity index is 444. The number of nitrogens with one attached hydrogen (secondary N) is 2. The van der Waals surface area contributed by atoms with Gasteiger partial charge in [0.25, 0.3) is 0 Å². The lowest BCUT2D eigenvalue weighted by atomic mass is 10.0. The van der Waals surface area contributed by atoms with Gasteiger partial charge in [-0.1, -0.05) is 23.7 Å². The first-order valence-corrected chi connectivity index (χ1v) is 7.82. The van der Waals surface area contributed by atoms with E-state index in [4.69, 9.17) is 16.3 Å². The Hall–Kier alpha value is -1.10. The Morgan fingerprint density at radius 3 is 2.86 bits per heavy atom. The lowest BCUT2D eigenvalue weighted by molar-refractivity contribution is -0.121. The lowest BCUT2D eigenvalue weighted by Gasteiger charge is -2.17. The van der Waals surface area contributed by atoms with E-state index in [1.54, 1.807) is 7.11 Å². The molecule has 1 aliphatic heterocycles. The van der Waals surface area contributed by atoms with Gasteiger partial charge in [-0.3, -0.25) is 4.79 Å². The second-order valence-electron chi connectivity index (χ2n) is 5.48. The molecule has 1 saturated heterocycles. The average Bonchev–Trinajstić information content (AvgIpc) is 3.01. The van der Waals surface area contributed by atoms with Crippen LogP contribution in [0.5, 0.6) is 0 Å². The molecule has 2 N–H and O–H groups in total. The SMILES string of the molecule is COC(CNC(=O)CCC1CCNC1)c1ccc(Cl)cc1. The van der Waals surface area contributed by atoms with E-state index in [1.165, 1.54) is 6.42 Å². The van der Waals surface area contributed by atoms with Crippen LogP contribution in [0.15, 0.2) is 24.3 Å². The van der Waals surface area contributed by atoms with E-state index in [-0.39, 0.29) is 12.0 Å². The summed E-state index contributed by atoms with van der Waals surface area (Å²) in [5, 5.41) is 6.97. The van der Waals surface area contributed by atoms with E-state index in [0.717, 1.165) is 25.1 Å². The molecule has 1 aromatic carbocycles. The molecule has 1 aliphatic rings. The number of methoxy groups -OCH3 is 1. The maximum atomic E-state index is 11.9. The van der Waals surface area contributed by atoms with E-state index in [0.29, 0.717) is 23.9 Å². The van der Waals surface area contributed by atoms with Crippen LogP contribution in [0.2, 0.25) is 5.02 Å². The van der Waals surface area contributed by atoms with Crippen molar-refractivity contribution in [2.45, 2.75) is 25.4 Å². The summed E-state index contributed by atoms with van der Waals surface area (Å²) in [6.45, 7) is 2.60. The number of rotatable bonds is 7. The zero-order valence-corrected chi connectivity index (χ0v) is 13.2. The number of carbonyl (C=O) groups excluding carboxylic acids is 1. The fourth-order valence-electron chi connectivity index (χ4n) is 2.61. The highest BCUT2D eigenvalue weighted by Gasteiger charge is 2.16. The highest BCUT2D eigenvalue weighted by atomic mass is 35.5. The molecule has 2 unspecified atom stereocenters. The van der Waals surface area contributed by atoms with E-state index in [9.17, 15) is 4.79 Å². The number of hydrogen-bond acceptors (Lipinski definition) is 3. The smallest absolute Gasteiger partial charge is 0.220 e. The van der Waals surface area contributed by atoms with E-state index in [2.05, 4.69) is 10.6 Å². The van der Waals surface area contributed by atoms with Gasteiger partial charge in [-0.05, 0) is 49.5 Å². The second-order valence-corrected chi connectivity index (χ2v) is 5.91. The zero-order chi connectivity index (χ0) is 15.1. The van der Waals surface area contributed by atoms with Crippen LogP contribution < -0.4 is 10.6 Å². The molecule has 0 aromatic heterocycles. The summed E-state index contributed by atoms with van der Waals surface area (Å²) in [6.07, 6.45) is 2.58. The van der Waals surface area contributed by atoms with Crippen LogP contribution in [-0.4, -0.2) is 32.7 Å². The number of amides is 1. The summed E-state index contributed by atoms with van der Waals surface area (Å²) in [5.41, 5.74) is 1.02. The van der Waals surface area contributed by atoms with Gasteiger partial charge < -0.3 is 15.4 Å². The summed E-state index contributed by atoms with van der Waals surface area (Å²) in [6, 6.07) is 7.51. The van der Waals surface area contributed by atoms with Gasteiger partial charge in [-0.2, -0.15) is 0 Å². The molecule has 5 heteroatoms. The third-order valence-electron chi connectivity index (χ3n) is 3.95. The third kappa shape index (κ3) is 5.30. The summed E-state index contributed by atoms with van der Waals surface area (Å²) in [7, 11) is 1.65. The van der Waals surface area contributed by atoms with Crippen molar-refractivity contribution < 1.29 is 9.53 Å². The van der Waals surface area contributed by atoms with Crippen LogP contribution in [0.4, 0.5) is 0 Å². The molecular formula is C16H23ClN2O2. The molecule has 0 aliphatic carbocycles. The highest BCUT2D eigenvalue weighted by Crippen LogP contribution is 2.19. The molecule has 1 aromatic rings. The molecule has 1 fully saturated rings. The minimum absolute atomic E-state index is 0.0953. The largest absolute Gasteiger partial charge is 0.375 e. The molecule has 1 amide bonds. The Labute approximate surface area is 131 Å². The van der Waals surface area contributed by atoms with Gasteiger partial charge in [-0.15, -0.1) is 0 Å². The monoisotopic (exact) mass is 310 g/mol. The first-order valence-electron chi connectivity index (χ1n) is 7.44. The number of ether oxygens (including phenoxy) is 1. The van der Waals surface area contributed by atoms with Crippen LogP contribution in [0.1, 0.15) is 30.9 Å². The molecule has 116 valence electrons. The fraction of sp³-hybridized carbons (Fsp3) is 0.562. The van der Waals surface area contributed by atoms with Crippen molar-refractivity contribution in [2.75, 3.05) is 26.7 Å². The maximum Gasteiger partial charge on any atom is 0.220 e. The van der Waals surface area contributed by atoms with Crippen LogP contribution >= 0.6 is 11.6 Å². The molecule has 2 atom stereocenters. The molecule has 1 heterocycles. The Kier molecular flexibility index (Phi) is 6.49. The van der Waals surface area contributed by atoms with Crippen molar-refractivity contribution in [3.63, 3.8) is 0 Å². The van der Waals surface area contributed by atoms with Gasteiger partial charge in [0.05, 0.1) is 6.10 Å². The molecule has 0 bridgehead atoms. The lowest BCUT2D eigenvalue weighted by Crippen LogP contribution is -2.29. The van der Waals surface area contributed by atoms with Gasteiger partial charge in [0.2, 0.25) is 5.91 Å². The number of benzene rings is 1. The predicted molar refractivity (Wildman–Crippen MR) is 84.4 cm³/mol. The fourth-order valence-corrected chi connectivity index (χ4v) is 2.73. The standard InChI is InChI=1S/C16H23ClN2O2/c1-21-15(13-3-5-14(17)6-4-13)11-19-16(20)7-2-12-8-9-18-10-12/h3-6,12,15,18H,2,7-11H2,1H3,(H,19,20). The first-order chi connectivity index (χ1) is 10.2. The summed E-state index contributed by atoms with van der Waals surface area (Å²) in [4.78, 5) is 11.9. The molecule has 4 nitrogen and oxygen atoms in total. The van der Waals surface area contributed by atoms with Crippen LogP contribution in [-0.2, 0) is 9.53 Å². The molecule has 0 saturated carbocycles. The Balaban J connectivity index is 1.74. The van der Waals surface area contributed by atoms with Crippen molar-refractivity contribution in [3.05, 3.63) is 34.9 Å². The van der Waals surface area contributed by atoms with E-state index < -0.39 is 0 Å². The van der Waals surface area contributed by atoms with E-state index in [1.807, 2.05) is 24.3 Å². The van der Waals surface area contributed by atoms with Crippen molar-refractivity contribution >= 4 is 17.5 Å². The van der Waals surface area contributed by atoms with Crippen LogP contribution in [0.3, 0.4) is 0 Å². The summed E-state index contributed by atoms with van der Waals surface area (Å²) >= 11 is 5.87. The first kappa shape index (κ1) is 16.3. The predicted octanol–water partition coefficient (Wildman–Crippen LogP) is 2.53. The third-order valence-corrected chi connectivity index (χ3v) is 4.20. The Morgan fingerprint density at radius 2 is 2.24 bits per heavy atom. The number of halogens is 1. The van der Waals surface area contributed by atoms with Gasteiger partial charge in [0.1, 0.15) is 0 Å². The number of hydrogen-bond donors (Lipinski definition) is 2. The van der Waals surface area contributed by atoms with Gasteiger partial charge in [0, 0.05) is 25.1 Å². The van der Waals surface area contributed by atoms with Crippen LogP contribution in [0, 0.1) is 5.92 Å². The van der Waals surface area contributed by atoms with Gasteiger partial charge >= 0.3 is 0 Å². The normalized spacial score (nSPS) is 19.4. The summed E-state index contributed by atoms with van der Waals surface area (Å²) < 4.78 is 5.44. The second kappa shape index (κ2) is 8.37. The van der Waals surface area contributed by atoms with Gasteiger partial charge in [-0.25, -0.2) is 0 Å². The topological polar surface area (TPSA) is 50.4 Å². The Morgan fingerprint density at radius 1 is 1.48 bits per heavy atom. The molecule has 21 heavy (non-hydrogen) atoms. The number of carbonyl (C=O) groups is 1. The summed E-state index contributed by atoms with van der Waals surface area (Å²) in [5.74, 6) is 0.739. The maximum absolute atomic E-state index is 11.9. The van der Waals surface area contributed by atoms with Crippen molar-refractivity contribution in [1.82, 2.24) is 10.6 Å². The average molecular weight is 311 g/mol. The minimum atomic E-state index is -0.139. The van der Waals surface area contributed by atoms with Crippen LogP contribution in [0.25, 0.3) is 0 Å². The molecule has 0 spiro atoms. The molecule has 2 rings (SSSR count).